The predicted molar refractivity (Wildman–Crippen MR) is 127 cm³/mol. The maximum atomic E-state index is 13.3. The molecule has 174 valence electrons. The molecule has 8 nitrogen and oxygen atoms in total. The minimum absolute atomic E-state index is 0.0188. The Morgan fingerprint density at radius 1 is 0.848 bits per heavy atom. The average Bonchev–Trinajstić information content (AvgIpc) is 2.82. The third-order valence-corrected chi connectivity index (χ3v) is 6.76. The lowest BCUT2D eigenvalue weighted by Crippen LogP contribution is -2.23. The van der Waals surface area contributed by atoms with E-state index in [4.69, 9.17) is 25.8 Å². The first-order valence-corrected chi connectivity index (χ1v) is 11.6. The molecule has 0 fully saturated rings. The van der Waals surface area contributed by atoms with Gasteiger partial charge in [-0.05, 0) is 42.5 Å². The van der Waals surface area contributed by atoms with Crippen LogP contribution in [0.15, 0.2) is 70.5 Å². The number of carbonyl (C=O) groups excluding carboxylic acids is 1. The second-order valence-electron chi connectivity index (χ2n) is 6.76. The highest BCUT2D eigenvalue weighted by Crippen LogP contribution is 2.34. The summed E-state index contributed by atoms with van der Waals surface area (Å²) in [5, 5.41) is 6.03. The number of hydrogen-bond donors (Lipinski definition) is 2. The SMILES string of the molecule is COc1ccc(Cl)cc1NC(=O)CNc1ccccc1S(=O)(=O)c1ccc(OC)c(OC)c1. The normalized spacial score (nSPS) is 10.9. The topological polar surface area (TPSA) is 103 Å². The van der Waals surface area contributed by atoms with Crippen LogP contribution in [0, 0.1) is 0 Å². The predicted octanol–water partition coefficient (Wildman–Crippen LogP) is 4.25. The highest BCUT2D eigenvalue weighted by molar-refractivity contribution is 7.91. The minimum atomic E-state index is -3.92. The van der Waals surface area contributed by atoms with Gasteiger partial charge in [-0.15, -0.1) is 0 Å². The molecule has 0 saturated heterocycles. The number of benzene rings is 3. The van der Waals surface area contributed by atoms with Gasteiger partial charge < -0.3 is 24.8 Å². The maximum Gasteiger partial charge on any atom is 0.243 e. The van der Waals surface area contributed by atoms with Crippen molar-refractivity contribution < 1.29 is 27.4 Å². The van der Waals surface area contributed by atoms with Crippen LogP contribution in [0.4, 0.5) is 11.4 Å². The number of methoxy groups -OCH3 is 3. The van der Waals surface area contributed by atoms with Crippen molar-refractivity contribution in [2.24, 2.45) is 0 Å². The molecule has 2 N–H and O–H groups in total. The largest absolute Gasteiger partial charge is 0.495 e. The fourth-order valence-electron chi connectivity index (χ4n) is 3.11. The number of amides is 1. The van der Waals surface area contributed by atoms with Gasteiger partial charge in [-0.1, -0.05) is 23.7 Å². The van der Waals surface area contributed by atoms with Gasteiger partial charge in [-0.3, -0.25) is 4.79 Å². The summed E-state index contributed by atoms with van der Waals surface area (Å²) < 4.78 is 42.2. The van der Waals surface area contributed by atoms with Crippen molar-refractivity contribution in [3.05, 3.63) is 65.7 Å². The number of hydrogen-bond acceptors (Lipinski definition) is 7. The van der Waals surface area contributed by atoms with Gasteiger partial charge in [0, 0.05) is 11.1 Å². The van der Waals surface area contributed by atoms with Crippen LogP contribution >= 0.6 is 11.6 Å². The van der Waals surface area contributed by atoms with Crippen LogP contribution in [-0.2, 0) is 14.6 Å². The molecule has 0 heterocycles. The molecule has 0 saturated carbocycles. The van der Waals surface area contributed by atoms with Crippen molar-refractivity contribution >= 4 is 38.7 Å². The fourth-order valence-corrected chi connectivity index (χ4v) is 4.73. The summed E-state index contributed by atoms with van der Waals surface area (Å²) in [6.07, 6.45) is 0. The van der Waals surface area contributed by atoms with Crippen LogP contribution in [0.2, 0.25) is 5.02 Å². The van der Waals surface area contributed by atoms with Gasteiger partial charge >= 0.3 is 0 Å². The number of sulfone groups is 1. The lowest BCUT2D eigenvalue weighted by atomic mass is 10.3. The molecule has 0 aliphatic rings. The number of nitrogens with one attached hydrogen (secondary N) is 2. The molecule has 0 aromatic heterocycles. The summed E-state index contributed by atoms with van der Waals surface area (Å²) in [5.41, 5.74) is 0.684. The number of rotatable bonds is 9. The van der Waals surface area contributed by atoms with Gasteiger partial charge in [-0.2, -0.15) is 0 Å². The Morgan fingerprint density at radius 2 is 1.52 bits per heavy atom. The highest BCUT2D eigenvalue weighted by Gasteiger charge is 2.23. The monoisotopic (exact) mass is 490 g/mol. The molecule has 0 radical (unpaired) electrons. The van der Waals surface area contributed by atoms with E-state index < -0.39 is 15.7 Å². The van der Waals surface area contributed by atoms with Gasteiger partial charge in [0.25, 0.3) is 0 Å². The molecule has 1 amide bonds. The Hall–Kier alpha value is -3.43. The van der Waals surface area contributed by atoms with E-state index in [1.165, 1.54) is 45.6 Å². The molecule has 10 heteroatoms. The molecule has 0 aliphatic heterocycles. The fraction of sp³-hybridized carbons (Fsp3) is 0.174. The van der Waals surface area contributed by atoms with Crippen molar-refractivity contribution in [3.8, 4) is 17.2 Å². The van der Waals surface area contributed by atoms with Crippen molar-refractivity contribution in [3.63, 3.8) is 0 Å². The smallest absolute Gasteiger partial charge is 0.243 e. The average molecular weight is 491 g/mol. The number of anilines is 2. The maximum absolute atomic E-state index is 13.3. The lowest BCUT2D eigenvalue weighted by Gasteiger charge is -2.15. The molecule has 3 aromatic rings. The molecule has 3 rings (SSSR count). The van der Waals surface area contributed by atoms with E-state index in [1.807, 2.05) is 0 Å². The first-order chi connectivity index (χ1) is 15.8. The van der Waals surface area contributed by atoms with Gasteiger partial charge in [0.15, 0.2) is 11.5 Å². The van der Waals surface area contributed by atoms with E-state index >= 15 is 0 Å². The van der Waals surface area contributed by atoms with Gasteiger partial charge in [0.05, 0.1) is 49.0 Å². The standard InChI is InChI=1S/C23H23ClN2O6S/c1-30-19-10-8-15(24)12-18(19)26-23(27)14-25-17-6-4-5-7-22(17)33(28,29)16-9-11-20(31-2)21(13-16)32-3/h4-13,25H,14H2,1-3H3,(H,26,27). The van der Waals surface area contributed by atoms with Crippen LogP contribution in [-0.4, -0.2) is 42.2 Å². The second kappa shape index (κ2) is 10.5. The van der Waals surface area contributed by atoms with Gasteiger partial charge in [-0.25, -0.2) is 8.42 Å². The number of ether oxygens (including phenoxy) is 3. The van der Waals surface area contributed by atoms with E-state index in [2.05, 4.69) is 10.6 Å². The van der Waals surface area contributed by atoms with E-state index in [9.17, 15) is 13.2 Å². The highest BCUT2D eigenvalue weighted by atomic mass is 35.5. The molecule has 3 aromatic carbocycles. The van der Waals surface area contributed by atoms with Gasteiger partial charge in [0.2, 0.25) is 15.7 Å². The van der Waals surface area contributed by atoms with E-state index in [0.29, 0.717) is 28.0 Å². The number of carbonyl (C=O) groups is 1. The molecule has 0 spiro atoms. The van der Waals surface area contributed by atoms with Crippen LogP contribution in [0.5, 0.6) is 17.2 Å². The Kier molecular flexibility index (Phi) is 7.67. The zero-order chi connectivity index (χ0) is 24.0. The lowest BCUT2D eigenvalue weighted by molar-refractivity contribution is -0.114. The Morgan fingerprint density at radius 3 is 2.21 bits per heavy atom. The summed E-state index contributed by atoms with van der Waals surface area (Å²) in [4.78, 5) is 12.5. The molecule has 0 atom stereocenters. The van der Waals surface area contributed by atoms with E-state index in [-0.39, 0.29) is 22.0 Å². The zero-order valence-electron chi connectivity index (χ0n) is 18.2. The summed E-state index contributed by atoms with van der Waals surface area (Å²) in [5.74, 6) is 0.743. The van der Waals surface area contributed by atoms with E-state index in [1.54, 1.807) is 36.4 Å². The molecular formula is C23H23ClN2O6S. The van der Waals surface area contributed by atoms with Crippen LogP contribution in [0.1, 0.15) is 0 Å². The third-order valence-electron chi connectivity index (χ3n) is 4.72. The van der Waals surface area contributed by atoms with E-state index in [0.717, 1.165) is 0 Å². The Bertz CT molecular complexity index is 1260. The first kappa shape index (κ1) is 24.2. The molecular weight excluding hydrogens is 468 g/mol. The van der Waals surface area contributed by atoms with Crippen LogP contribution in [0.3, 0.4) is 0 Å². The molecule has 33 heavy (non-hydrogen) atoms. The zero-order valence-corrected chi connectivity index (χ0v) is 19.8. The Labute approximate surface area is 197 Å². The van der Waals surface area contributed by atoms with Crippen LogP contribution < -0.4 is 24.8 Å². The summed E-state index contributed by atoms with van der Waals surface area (Å²) in [6, 6.07) is 15.5. The van der Waals surface area contributed by atoms with Gasteiger partial charge in [0.1, 0.15) is 5.75 Å². The number of para-hydroxylation sites is 1. The van der Waals surface area contributed by atoms with Crippen molar-refractivity contribution in [2.45, 2.75) is 9.79 Å². The minimum Gasteiger partial charge on any atom is -0.495 e. The van der Waals surface area contributed by atoms with Crippen molar-refractivity contribution in [1.29, 1.82) is 0 Å². The molecule has 0 unspecified atom stereocenters. The third kappa shape index (κ3) is 5.50. The van der Waals surface area contributed by atoms with Crippen molar-refractivity contribution in [1.82, 2.24) is 0 Å². The van der Waals surface area contributed by atoms with Crippen LogP contribution in [0.25, 0.3) is 0 Å². The number of halogens is 1. The summed E-state index contributed by atoms with van der Waals surface area (Å²) in [7, 11) is 0.456. The summed E-state index contributed by atoms with van der Waals surface area (Å²) in [6.45, 7) is -0.186. The summed E-state index contributed by atoms with van der Waals surface area (Å²) >= 11 is 5.99. The Balaban J connectivity index is 1.82. The molecule has 0 bridgehead atoms. The first-order valence-electron chi connectivity index (χ1n) is 9.73. The quantitative estimate of drug-likeness (QED) is 0.462. The second-order valence-corrected chi connectivity index (χ2v) is 9.12. The molecule has 0 aliphatic carbocycles. The van der Waals surface area contributed by atoms with Crippen molar-refractivity contribution in [2.75, 3.05) is 38.5 Å².